The summed E-state index contributed by atoms with van der Waals surface area (Å²) >= 11 is 0. The molecule has 9 heteroatoms. The van der Waals surface area contributed by atoms with Crippen molar-refractivity contribution >= 4 is 12.3 Å². The summed E-state index contributed by atoms with van der Waals surface area (Å²) in [5.41, 5.74) is -4.89. The minimum atomic E-state index is -1.65. The van der Waals surface area contributed by atoms with Crippen LogP contribution < -0.4 is 5.32 Å². The van der Waals surface area contributed by atoms with Crippen molar-refractivity contribution in [1.82, 2.24) is 5.32 Å². The van der Waals surface area contributed by atoms with Gasteiger partial charge >= 0.3 is 5.97 Å². The molecule has 0 bridgehead atoms. The number of carbonyl (C=O) groups is 2. The Bertz CT molecular complexity index is 1410. The predicted molar refractivity (Wildman–Crippen MR) is 193 cm³/mol. The largest absolute Gasteiger partial charge is 0.450 e. The molecule has 5 fully saturated rings. The van der Waals surface area contributed by atoms with E-state index in [1.807, 2.05) is 0 Å². The molecule has 0 unspecified atom stereocenters. The predicted octanol–water partition coefficient (Wildman–Crippen LogP) is 4.89. The Labute approximate surface area is 305 Å². The van der Waals surface area contributed by atoms with Crippen molar-refractivity contribution in [2.45, 2.75) is 140 Å². The number of unbranched alkanes of at least 4 members (excludes halogenated alkanes) is 2. The van der Waals surface area contributed by atoms with Crippen molar-refractivity contribution in [1.29, 1.82) is 0 Å². The van der Waals surface area contributed by atoms with Gasteiger partial charge in [-0.25, -0.2) is 4.79 Å². The number of fused-ring (bicyclic) bond motifs is 8. The number of rotatable bonds is 12. The second-order valence-electron chi connectivity index (χ2n) is 18.6. The molecule has 1 aliphatic heterocycles. The average molecular weight is 712 g/mol. The van der Waals surface area contributed by atoms with Crippen LogP contribution in [0, 0.1) is 58.2 Å². The van der Waals surface area contributed by atoms with E-state index in [0.717, 1.165) is 62.5 Å². The second kappa shape index (κ2) is 13.6. The summed E-state index contributed by atoms with van der Waals surface area (Å²) in [6.07, 6.45) is 12.3. The molecule has 5 N–H and O–H groups in total. The van der Waals surface area contributed by atoms with Gasteiger partial charge in [0.1, 0.15) is 18.0 Å². The van der Waals surface area contributed by atoms with Crippen LogP contribution in [0.4, 0.5) is 0 Å². The van der Waals surface area contributed by atoms with Crippen molar-refractivity contribution in [2.75, 3.05) is 26.8 Å². The fraction of sp³-hybridized carbons (Fsp3) is 0.857. The number of ether oxygens (including phenoxy) is 2. The van der Waals surface area contributed by atoms with Gasteiger partial charge in [0.25, 0.3) is 0 Å². The van der Waals surface area contributed by atoms with Crippen LogP contribution >= 0.6 is 0 Å². The monoisotopic (exact) mass is 711 g/mol. The summed E-state index contributed by atoms with van der Waals surface area (Å²) in [6.45, 7) is 10.6. The van der Waals surface area contributed by atoms with Gasteiger partial charge in [0.2, 0.25) is 0 Å². The van der Waals surface area contributed by atoms with Gasteiger partial charge < -0.3 is 40.0 Å². The van der Waals surface area contributed by atoms with Crippen LogP contribution in [-0.2, 0) is 19.1 Å². The van der Waals surface area contributed by atoms with Crippen molar-refractivity contribution in [3.05, 3.63) is 23.3 Å². The number of nitrogens with one attached hydrogen (secondary N) is 1. The quantitative estimate of drug-likeness (QED) is 0.0827. The molecule has 0 aromatic rings. The molecular weight excluding hydrogens is 646 g/mol. The molecule has 0 spiro atoms. The van der Waals surface area contributed by atoms with Crippen LogP contribution in [0.5, 0.6) is 0 Å². The summed E-state index contributed by atoms with van der Waals surface area (Å²) in [7, 11) is 1.69. The van der Waals surface area contributed by atoms with E-state index in [9.17, 15) is 30.0 Å². The van der Waals surface area contributed by atoms with Crippen molar-refractivity contribution in [2.24, 2.45) is 58.2 Å². The van der Waals surface area contributed by atoms with Crippen LogP contribution in [0.25, 0.3) is 0 Å². The number of esters is 1. The molecular formula is C42H65NO8. The normalized spacial score (nSPS) is 48.4. The van der Waals surface area contributed by atoms with Crippen molar-refractivity contribution in [3.8, 4) is 0 Å². The van der Waals surface area contributed by atoms with Crippen LogP contribution in [-0.4, -0.2) is 88.5 Å². The smallest absolute Gasteiger partial charge is 0.331 e. The highest BCUT2D eigenvalue weighted by Crippen LogP contribution is 2.76. The third-order valence-corrected chi connectivity index (χ3v) is 16.2. The van der Waals surface area contributed by atoms with Crippen molar-refractivity contribution in [3.63, 3.8) is 0 Å². The van der Waals surface area contributed by atoms with E-state index in [2.05, 4.69) is 39.1 Å². The molecule has 7 aliphatic rings. The summed E-state index contributed by atoms with van der Waals surface area (Å²) in [6, 6.07) is 0. The molecule has 14 atom stereocenters. The van der Waals surface area contributed by atoms with E-state index in [4.69, 9.17) is 9.47 Å². The molecule has 0 radical (unpaired) electrons. The fourth-order valence-corrected chi connectivity index (χ4v) is 13.8. The first-order chi connectivity index (χ1) is 24.3. The first-order valence-corrected chi connectivity index (χ1v) is 20.4. The van der Waals surface area contributed by atoms with E-state index in [-0.39, 0.29) is 36.1 Å². The van der Waals surface area contributed by atoms with E-state index in [1.165, 1.54) is 0 Å². The second-order valence-corrected chi connectivity index (χ2v) is 18.6. The molecule has 1 heterocycles. The van der Waals surface area contributed by atoms with E-state index < -0.39 is 57.6 Å². The molecule has 0 saturated heterocycles. The fourth-order valence-electron chi connectivity index (χ4n) is 13.8. The third kappa shape index (κ3) is 5.28. The molecule has 6 aliphatic carbocycles. The number of hydrogen-bond acceptors (Lipinski definition) is 9. The molecule has 9 nitrogen and oxygen atoms in total. The first-order valence-electron chi connectivity index (χ1n) is 20.4. The minimum Gasteiger partial charge on any atom is -0.450 e. The Kier molecular flexibility index (Phi) is 10.0. The lowest BCUT2D eigenvalue weighted by Crippen LogP contribution is -2.81. The van der Waals surface area contributed by atoms with Crippen LogP contribution in [0.2, 0.25) is 0 Å². The third-order valence-electron chi connectivity index (χ3n) is 16.2. The summed E-state index contributed by atoms with van der Waals surface area (Å²) < 4.78 is 11.1. The van der Waals surface area contributed by atoms with Gasteiger partial charge in [0, 0.05) is 43.6 Å². The highest BCUT2D eigenvalue weighted by atomic mass is 16.5. The van der Waals surface area contributed by atoms with Gasteiger partial charge in [0.15, 0.2) is 0 Å². The Hall–Kier alpha value is -1.62. The standard InChI is InChI=1S/C42H65NO8/c1-6-7-8-10-27-20-39(24-44)33-13-14-38(4)35-28(17-29(23-43-15-9-16-50-5)37-31(35)19-34(45)51-37)21-41(38,48)40(33,47)22-30-18-26(25(2)3)11-12-32(36(27)46)42(30,39)49/h17,19,24-28,30,32-33,35-37,43,46-49H,6-16,18,20-23H2,1-5H3/t26-,27+,28+,30-,32+,33+,35+,36-,37-,38+,39-,40-,41+,42-/m0/s1. The Morgan fingerprint density at radius 2 is 1.88 bits per heavy atom. The van der Waals surface area contributed by atoms with E-state index >= 15 is 0 Å². The number of methoxy groups -OCH3 is 1. The van der Waals surface area contributed by atoms with Gasteiger partial charge in [0.05, 0.1) is 22.7 Å². The SMILES string of the molecule is CCCCC[C@@H]1C[C@]2(C=O)[C@H]3CC[C@]4(C)[C@H]5C6=CC(=O)O[C@H]6C(CNCCCOC)=C[C@@H]5C[C@]4(O)[C@]3(O)C[C@@H]3C[C@@H](C(C)C)CC[C@H]([C@H]1O)[C@@]32O. The van der Waals surface area contributed by atoms with Crippen LogP contribution in [0.15, 0.2) is 23.3 Å². The average Bonchev–Trinajstić information content (AvgIpc) is 3.53. The lowest BCUT2D eigenvalue weighted by Gasteiger charge is -2.72. The number of aldehydes is 1. The zero-order valence-electron chi connectivity index (χ0n) is 31.7. The van der Waals surface area contributed by atoms with E-state index in [1.54, 1.807) is 13.2 Å². The Balaban J connectivity index is 1.31. The molecule has 5 saturated carbocycles. The number of allylic oxidation sites excluding steroid dienone is 1. The maximum atomic E-state index is 14.1. The molecule has 0 aromatic carbocycles. The van der Waals surface area contributed by atoms with Crippen LogP contribution in [0.3, 0.4) is 0 Å². The minimum absolute atomic E-state index is 0.121. The van der Waals surface area contributed by atoms with Gasteiger partial charge in [-0.2, -0.15) is 0 Å². The highest BCUT2D eigenvalue weighted by molar-refractivity contribution is 5.87. The van der Waals surface area contributed by atoms with Gasteiger partial charge in [-0.3, -0.25) is 0 Å². The zero-order chi connectivity index (χ0) is 36.6. The number of aliphatic hydroxyl groups excluding tert-OH is 1. The number of hydrogen-bond donors (Lipinski definition) is 5. The number of aliphatic hydroxyl groups is 4. The van der Waals surface area contributed by atoms with Gasteiger partial charge in [-0.1, -0.05) is 53.0 Å². The van der Waals surface area contributed by atoms with Crippen LogP contribution in [0.1, 0.15) is 111 Å². The maximum absolute atomic E-state index is 14.1. The molecule has 0 aromatic heterocycles. The lowest BCUT2D eigenvalue weighted by atomic mass is 9.35. The highest BCUT2D eigenvalue weighted by Gasteiger charge is 2.82. The van der Waals surface area contributed by atoms with E-state index in [0.29, 0.717) is 57.6 Å². The summed E-state index contributed by atoms with van der Waals surface area (Å²) in [5, 5.41) is 56.0. The summed E-state index contributed by atoms with van der Waals surface area (Å²) in [4.78, 5) is 27.0. The number of carbonyl (C=O) groups excluding carboxylic acids is 2. The Morgan fingerprint density at radius 3 is 2.59 bits per heavy atom. The molecule has 286 valence electrons. The Morgan fingerprint density at radius 1 is 1.10 bits per heavy atom. The molecule has 0 amide bonds. The van der Waals surface area contributed by atoms with Gasteiger partial charge in [-0.05, 0) is 117 Å². The van der Waals surface area contributed by atoms with Crippen molar-refractivity contribution < 1.29 is 39.5 Å². The lowest BCUT2D eigenvalue weighted by molar-refractivity contribution is -0.346. The molecule has 7 rings (SSSR count). The van der Waals surface area contributed by atoms with Gasteiger partial charge in [-0.15, -0.1) is 0 Å². The zero-order valence-corrected chi connectivity index (χ0v) is 31.7. The first kappa shape index (κ1) is 37.7. The summed E-state index contributed by atoms with van der Waals surface area (Å²) in [5.74, 6) is -1.79. The molecule has 51 heavy (non-hydrogen) atoms. The maximum Gasteiger partial charge on any atom is 0.331 e. The topological polar surface area (TPSA) is 146 Å².